The minimum absolute atomic E-state index is 0.000548. The van der Waals surface area contributed by atoms with Gasteiger partial charge in [0.15, 0.2) is 0 Å². The molecule has 0 spiro atoms. The number of benzene rings is 2. The van der Waals surface area contributed by atoms with Gasteiger partial charge in [-0.15, -0.1) is 0 Å². The molecule has 0 aliphatic carbocycles. The molecule has 1 unspecified atom stereocenters. The van der Waals surface area contributed by atoms with Crippen molar-refractivity contribution in [3.8, 4) is 5.75 Å². The van der Waals surface area contributed by atoms with Crippen LogP contribution in [0.25, 0.3) is 0 Å². The van der Waals surface area contributed by atoms with Crippen LogP contribution in [0.5, 0.6) is 5.75 Å². The zero-order valence-electron chi connectivity index (χ0n) is 21.3. The molecule has 0 bridgehead atoms. The fourth-order valence-corrected chi connectivity index (χ4v) is 4.39. The molecule has 35 heavy (non-hydrogen) atoms. The van der Waals surface area contributed by atoms with Gasteiger partial charge in [-0.1, -0.05) is 26.8 Å². The number of halogens is 3. The van der Waals surface area contributed by atoms with Crippen LogP contribution in [0.3, 0.4) is 0 Å². The third kappa shape index (κ3) is 7.13. The predicted octanol–water partition coefficient (Wildman–Crippen LogP) is 6.54. The number of methoxy groups -OCH3 is 1. The van der Waals surface area contributed by atoms with Crippen molar-refractivity contribution in [2.75, 3.05) is 23.9 Å². The lowest BCUT2D eigenvalue weighted by atomic mass is 9.92. The molecule has 3 rings (SSSR count). The van der Waals surface area contributed by atoms with E-state index in [1.54, 1.807) is 12.1 Å². The van der Waals surface area contributed by atoms with Gasteiger partial charge >= 0.3 is 6.18 Å². The van der Waals surface area contributed by atoms with E-state index in [-0.39, 0.29) is 17.1 Å². The normalized spacial score (nSPS) is 15.3. The molecule has 1 aliphatic rings. The van der Waals surface area contributed by atoms with E-state index in [4.69, 9.17) is 4.74 Å². The number of nitrogens with zero attached hydrogens (tertiary/aromatic N) is 1. The van der Waals surface area contributed by atoms with E-state index in [0.717, 1.165) is 60.1 Å². The second kappa shape index (κ2) is 10.5. The van der Waals surface area contributed by atoms with Crippen LogP contribution in [-0.4, -0.2) is 32.0 Å². The Bertz CT molecular complexity index is 1040. The molecule has 1 heterocycles. The highest BCUT2D eigenvalue weighted by atomic mass is 19.4. The molecule has 0 aromatic heterocycles. The van der Waals surface area contributed by atoms with E-state index in [1.165, 1.54) is 0 Å². The summed E-state index contributed by atoms with van der Waals surface area (Å²) in [6, 6.07) is 9.22. The Balaban J connectivity index is 1.77. The number of carbonyl (C=O) groups is 1. The van der Waals surface area contributed by atoms with Gasteiger partial charge in [0, 0.05) is 38.0 Å². The largest absolute Gasteiger partial charge is 0.455 e. The maximum atomic E-state index is 13.0. The van der Waals surface area contributed by atoms with Crippen molar-refractivity contribution < 1.29 is 27.4 Å². The Morgan fingerprint density at radius 3 is 2.31 bits per heavy atom. The summed E-state index contributed by atoms with van der Waals surface area (Å²) in [4.78, 5) is 14.7. The number of ether oxygens (including phenoxy) is 2. The fraction of sp³-hybridized carbons (Fsp3) is 0.519. The number of alkyl halides is 3. The van der Waals surface area contributed by atoms with Crippen LogP contribution in [0.15, 0.2) is 30.3 Å². The van der Waals surface area contributed by atoms with Crippen LogP contribution < -0.4 is 15.0 Å². The lowest BCUT2D eigenvalue weighted by Gasteiger charge is -2.26. The van der Waals surface area contributed by atoms with Gasteiger partial charge in [0.25, 0.3) is 6.29 Å². The zero-order valence-corrected chi connectivity index (χ0v) is 21.3. The molecule has 1 N–H and O–H groups in total. The highest BCUT2D eigenvalue weighted by Crippen LogP contribution is 2.33. The molecule has 0 radical (unpaired) electrons. The molecule has 2 aromatic carbocycles. The van der Waals surface area contributed by atoms with Crippen molar-refractivity contribution in [1.29, 1.82) is 0 Å². The molecule has 192 valence electrons. The Morgan fingerprint density at radius 1 is 1.09 bits per heavy atom. The minimum Gasteiger partial charge on any atom is -0.455 e. The Morgan fingerprint density at radius 2 is 1.74 bits per heavy atom. The van der Waals surface area contributed by atoms with Crippen LogP contribution in [0.1, 0.15) is 55.9 Å². The number of anilines is 2. The molecule has 8 heteroatoms. The molecule has 0 fully saturated rings. The Labute approximate surface area is 205 Å². The summed E-state index contributed by atoms with van der Waals surface area (Å²) in [6.07, 6.45) is -4.86. The second-order valence-corrected chi connectivity index (χ2v) is 10.4. The number of hydrogen-bond acceptors (Lipinski definition) is 4. The van der Waals surface area contributed by atoms with Gasteiger partial charge < -0.3 is 19.7 Å². The number of hydrogen-bond donors (Lipinski definition) is 1. The standard InChI is InChI=1S/C27H35F3N2O3/c1-17-12-21(13-18(2)24(17)31-23(33)15-26(3,4)5)32-11-7-8-19-14-22(10-9-20(19)16-32)35-25(34-6)27(28,29)30/h9-10,12-14,25H,7-8,11,15-16H2,1-6H3,(H,31,33). The van der Waals surface area contributed by atoms with Gasteiger partial charge in [-0.05, 0) is 78.6 Å². The van der Waals surface area contributed by atoms with Crippen molar-refractivity contribution in [1.82, 2.24) is 0 Å². The van der Waals surface area contributed by atoms with E-state index in [1.807, 2.05) is 40.7 Å². The monoisotopic (exact) mass is 492 g/mol. The van der Waals surface area contributed by atoms with Crippen LogP contribution in [0.2, 0.25) is 0 Å². The number of aryl methyl sites for hydroxylation is 3. The molecule has 1 atom stereocenters. The SMILES string of the molecule is COC(Oc1ccc2c(c1)CCCN(c1cc(C)c(NC(=O)CC(C)(C)C)c(C)c1)C2)C(F)(F)F. The summed E-state index contributed by atoms with van der Waals surface area (Å²) in [5.74, 6) is 0.142. The van der Waals surface area contributed by atoms with E-state index in [2.05, 4.69) is 27.1 Å². The number of carbonyl (C=O) groups excluding carboxylic acids is 1. The van der Waals surface area contributed by atoms with E-state index in [9.17, 15) is 18.0 Å². The van der Waals surface area contributed by atoms with Crippen molar-refractivity contribution in [2.45, 2.75) is 72.9 Å². The van der Waals surface area contributed by atoms with Gasteiger partial charge in [-0.3, -0.25) is 4.79 Å². The van der Waals surface area contributed by atoms with Crippen LogP contribution in [0, 0.1) is 19.3 Å². The van der Waals surface area contributed by atoms with Crippen LogP contribution in [0.4, 0.5) is 24.5 Å². The smallest absolute Gasteiger partial charge is 0.452 e. The van der Waals surface area contributed by atoms with Crippen LogP contribution >= 0.6 is 0 Å². The Kier molecular flexibility index (Phi) is 8.04. The summed E-state index contributed by atoms with van der Waals surface area (Å²) < 4.78 is 48.5. The topological polar surface area (TPSA) is 50.8 Å². The highest BCUT2D eigenvalue weighted by Gasteiger charge is 2.42. The predicted molar refractivity (Wildman–Crippen MR) is 132 cm³/mol. The van der Waals surface area contributed by atoms with Crippen LogP contribution in [-0.2, 0) is 22.5 Å². The summed E-state index contributed by atoms with van der Waals surface area (Å²) in [5.41, 5.74) is 5.82. The maximum absolute atomic E-state index is 13.0. The van der Waals surface area contributed by atoms with Gasteiger partial charge in [-0.25, -0.2) is 0 Å². The lowest BCUT2D eigenvalue weighted by Crippen LogP contribution is -2.36. The van der Waals surface area contributed by atoms with Gasteiger partial charge in [0.1, 0.15) is 5.75 Å². The summed E-state index contributed by atoms with van der Waals surface area (Å²) in [7, 11) is 0.977. The van der Waals surface area contributed by atoms with Gasteiger partial charge in [0.05, 0.1) is 0 Å². The molecule has 1 amide bonds. The van der Waals surface area contributed by atoms with Crippen molar-refractivity contribution >= 4 is 17.3 Å². The summed E-state index contributed by atoms with van der Waals surface area (Å²) >= 11 is 0. The van der Waals surface area contributed by atoms with Crippen molar-refractivity contribution in [3.05, 3.63) is 52.6 Å². The van der Waals surface area contributed by atoms with Gasteiger partial charge in [0.2, 0.25) is 5.91 Å². The first-order valence-electron chi connectivity index (χ1n) is 11.8. The zero-order chi connectivity index (χ0) is 26.0. The maximum Gasteiger partial charge on any atom is 0.452 e. The molecule has 1 aliphatic heterocycles. The van der Waals surface area contributed by atoms with E-state index >= 15 is 0 Å². The summed E-state index contributed by atoms with van der Waals surface area (Å²) in [6.45, 7) is 11.5. The molecule has 0 saturated carbocycles. The van der Waals surface area contributed by atoms with E-state index < -0.39 is 12.5 Å². The first-order chi connectivity index (χ1) is 16.3. The number of fused-ring (bicyclic) bond motifs is 1. The molecular weight excluding hydrogens is 457 g/mol. The number of amides is 1. The molecule has 2 aromatic rings. The van der Waals surface area contributed by atoms with Crippen molar-refractivity contribution in [3.63, 3.8) is 0 Å². The van der Waals surface area contributed by atoms with Gasteiger partial charge in [-0.2, -0.15) is 13.2 Å². The number of nitrogens with one attached hydrogen (secondary N) is 1. The fourth-order valence-electron chi connectivity index (χ4n) is 4.39. The molecule has 0 saturated heterocycles. The summed E-state index contributed by atoms with van der Waals surface area (Å²) in [5, 5.41) is 3.07. The molecular formula is C27H35F3N2O3. The first-order valence-corrected chi connectivity index (χ1v) is 11.8. The lowest BCUT2D eigenvalue weighted by molar-refractivity contribution is -0.274. The number of rotatable bonds is 6. The average molecular weight is 493 g/mol. The highest BCUT2D eigenvalue weighted by molar-refractivity contribution is 5.93. The second-order valence-electron chi connectivity index (χ2n) is 10.4. The minimum atomic E-state index is -4.60. The van der Waals surface area contributed by atoms with E-state index in [0.29, 0.717) is 13.0 Å². The third-order valence-corrected chi connectivity index (χ3v) is 5.98. The average Bonchev–Trinajstić information content (AvgIpc) is 2.94. The quantitative estimate of drug-likeness (QED) is 0.465. The Hall–Kier alpha value is -2.74. The molecule has 5 nitrogen and oxygen atoms in total. The van der Waals surface area contributed by atoms with Crippen molar-refractivity contribution in [2.24, 2.45) is 5.41 Å². The third-order valence-electron chi connectivity index (χ3n) is 5.98. The first kappa shape index (κ1) is 26.9.